The van der Waals surface area contributed by atoms with E-state index in [1.54, 1.807) is 0 Å². The summed E-state index contributed by atoms with van der Waals surface area (Å²) < 4.78 is 0. The Bertz CT molecular complexity index is 413. The number of rotatable bonds is 3. The summed E-state index contributed by atoms with van der Waals surface area (Å²) in [7, 11) is 2.17. The third-order valence-electron chi connectivity index (χ3n) is 4.41. The van der Waals surface area contributed by atoms with E-state index in [0.717, 1.165) is 19.5 Å². The maximum Gasteiger partial charge on any atom is 0.0446 e. The van der Waals surface area contributed by atoms with Crippen molar-refractivity contribution >= 4 is 5.69 Å². The maximum atomic E-state index is 9.24. The molecule has 19 heavy (non-hydrogen) atoms. The summed E-state index contributed by atoms with van der Waals surface area (Å²) >= 11 is 0. The number of aliphatic hydroxyl groups excluding tert-OH is 1. The lowest BCUT2D eigenvalue weighted by Crippen LogP contribution is -2.56. The van der Waals surface area contributed by atoms with Gasteiger partial charge in [0.15, 0.2) is 0 Å². The second kappa shape index (κ2) is 5.93. The van der Waals surface area contributed by atoms with Crippen molar-refractivity contribution in [3.05, 3.63) is 29.3 Å². The molecule has 0 saturated carbocycles. The smallest absolute Gasteiger partial charge is 0.0446 e. The minimum absolute atomic E-state index is 0.266. The molecule has 1 aliphatic heterocycles. The van der Waals surface area contributed by atoms with Crippen molar-refractivity contribution in [1.29, 1.82) is 0 Å². The predicted molar refractivity (Wildman–Crippen MR) is 80.8 cm³/mol. The van der Waals surface area contributed by atoms with Gasteiger partial charge >= 0.3 is 0 Å². The Kier molecular flexibility index (Phi) is 4.48. The van der Waals surface area contributed by atoms with Gasteiger partial charge in [0.1, 0.15) is 0 Å². The number of hydrogen-bond donors (Lipinski definition) is 1. The van der Waals surface area contributed by atoms with Gasteiger partial charge in [-0.15, -0.1) is 0 Å². The van der Waals surface area contributed by atoms with Crippen molar-refractivity contribution in [3.63, 3.8) is 0 Å². The number of para-hydroxylation sites is 1. The summed E-state index contributed by atoms with van der Waals surface area (Å²) in [6.45, 7) is 8.97. The number of aryl methyl sites for hydroxylation is 2. The highest BCUT2D eigenvalue weighted by atomic mass is 16.3. The Morgan fingerprint density at radius 3 is 2.42 bits per heavy atom. The van der Waals surface area contributed by atoms with Gasteiger partial charge in [0.05, 0.1) is 0 Å². The largest absolute Gasteiger partial charge is 0.396 e. The second-order valence-electron chi connectivity index (χ2n) is 5.83. The lowest BCUT2D eigenvalue weighted by molar-refractivity contribution is 0.128. The van der Waals surface area contributed by atoms with E-state index in [0.29, 0.717) is 12.1 Å². The second-order valence-corrected chi connectivity index (χ2v) is 5.83. The highest BCUT2D eigenvalue weighted by Gasteiger charge is 2.30. The van der Waals surface area contributed by atoms with Crippen LogP contribution in [0.15, 0.2) is 18.2 Å². The first-order chi connectivity index (χ1) is 9.04. The van der Waals surface area contributed by atoms with Crippen LogP contribution in [-0.4, -0.2) is 48.8 Å². The molecule has 1 fully saturated rings. The van der Waals surface area contributed by atoms with E-state index in [1.165, 1.54) is 16.8 Å². The number of piperazine rings is 1. The van der Waals surface area contributed by atoms with E-state index in [2.05, 4.69) is 55.8 Å². The zero-order valence-corrected chi connectivity index (χ0v) is 12.6. The molecule has 2 unspecified atom stereocenters. The fourth-order valence-electron chi connectivity index (χ4n) is 3.20. The van der Waals surface area contributed by atoms with Crippen LogP contribution in [0.1, 0.15) is 24.5 Å². The molecule has 3 nitrogen and oxygen atoms in total. The zero-order valence-electron chi connectivity index (χ0n) is 12.6. The van der Waals surface area contributed by atoms with Crippen molar-refractivity contribution in [2.45, 2.75) is 39.3 Å². The molecule has 1 heterocycles. The van der Waals surface area contributed by atoms with Crippen molar-refractivity contribution < 1.29 is 5.11 Å². The van der Waals surface area contributed by atoms with Gasteiger partial charge in [-0.25, -0.2) is 0 Å². The Morgan fingerprint density at radius 1 is 1.21 bits per heavy atom. The maximum absolute atomic E-state index is 9.24. The number of likely N-dealkylation sites (N-methyl/N-ethyl adjacent to an activating group) is 1. The van der Waals surface area contributed by atoms with Crippen molar-refractivity contribution in [1.82, 2.24) is 4.90 Å². The van der Waals surface area contributed by atoms with Crippen LogP contribution < -0.4 is 4.90 Å². The Hall–Kier alpha value is -1.06. The standard InChI is InChI=1S/C16H26N2O/c1-12-6-5-7-13(2)16(12)18-10-14(3)17(4)15(11-18)8-9-19/h5-7,14-15,19H,8-11H2,1-4H3. The monoisotopic (exact) mass is 262 g/mol. The molecule has 0 amide bonds. The van der Waals surface area contributed by atoms with Crippen LogP contribution >= 0.6 is 0 Å². The Morgan fingerprint density at radius 2 is 1.84 bits per heavy atom. The Balaban J connectivity index is 2.25. The molecule has 0 bridgehead atoms. The Labute approximate surface area is 116 Å². The summed E-state index contributed by atoms with van der Waals surface area (Å²) in [6.07, 6.45) is 0.849. The SMILES string of the molecule is Cc1cccc(C)c1N1CC(C)N(C)C(CCO)C1. The van der Waals surface area contributed by atoms with E-state index in [4.69, 9.17) is 0 Å². The fourth-order valence-corrected chi connectivity index (χ4v) is 3.20. The molecule has 2 rings (SSSR count). The molecule has 3 heteroatoms. The van der Waals surface area contributed by atoms with Crippen LogP contribution in [0.5, 0.6) is 0 Å². The summed E-state index contributed by atoms with van der Waals surface area (Å²) in [5.41, 5.74) is 4.07. The number of hydrogen-bond acceptors (Lipinski definition) is 3. The van der Waals surface area contributed by atoms with Gasteiger partial charge in [-0.2, -0.15) is 0 Å². The van der Waals surface area contributed by atoms with Crippen LogP contribution in [-0.2, 0) is 0 Å². The molecule has 0 radical (unpaired) electrons. The molecule has 1 aromatic rings. The lowest BCUT2D eigenvalue weighted by Gasteiger charge is -2.45. The van der Waals surface area contributed by atoms with Gasteiger partial charge in [0.2, 0.25) is 0 Å². The van der Waals surface area contributed by atoms with Gasteiger partial charge in [-0.1, -0.05) is 18.2 Å². The molecule has 1 saturated heterocycles. The van der Waals surface area contributed by atoms with Gasteiger partial charge in [-0.3, -0.25) is 4.90 Å². The molecule has 2 atom stereocenters. The van der Waals surface area contributed by atoms with Crippen molar-refractivity contribution in [3.8, 4) is 0 Å². The summed E-state index contributed by atoms with van der Waals surface area (Å²) in [5.74, 6) is 0. The van der Waals surface area contributed by atoms with Crippen LogP contribution in [0, 0.1) is 13.8 Å². The van der Waals surface area contributed by atoms with Gasteiger partial charge in [0, 0.05) is 37.5 Å². The molecule has 1 aliphatic rings. The first-order valence-corrected chi connectivity index (χ1v) is 7.18. The normalized spacial score (nSPS) is 24.8. The highest BCUT2D eigenvalue weighted by molar-refractivity contribution is 5.59. The average Bonchev–Trinajstić information content (AvgIpc) is 2.35. The molecule has 106 valence electrons. The first-order valence-electron chi connectivity index (χ1n) is 7.18. The van der Waals surface area contributed by atoms with Crippen LogP contribution in [0.4, 0.5) is 5.69 Å². The van der Waals surface area contributed by atoms with E-state index in [1.807, 2.05) is 0 Å². The number of benzene rings is 1. The molecule has 0 aromatic heterocycles. The van der Waals surface area contributed by atoms with E-state index in [-0.39, 0.29) is 6.61 Å². The lowest BCUT2D eigenvalue weighted by atomic mass is 10.0. The van der Waals surface area contributed by atoms with Gasteiger partial charge in [0.25, 0.3) is 0 Å². The molecule has 0 aliphatic carbocycles. The number of anilines is 1. The fraction of sp³-hybridized carbons (Fsp3) is 0.625. The third kappa shape index (κ3) is 2.93. The van der Waals surface area contributed by atoms with Crippen molar-refractivity contribution in [2.75, 3.05) is 31.6 Å². The van der Waals surface area contributed by atoms with Crippen molar-refractivity contribution in [2.24, 2.45) is 0 Å². The van der Waals surface area contributed by atoms with E-state index in [9.17, 15) is 5.11 Å². The van der Waals surface area contributed by atoms with Crippen LogP contribution in [0.2, 0.25) is 0 Å². The summed E-state index contributed by atoms with van der Waals surface area (Å²) in [5, 5.41) is 9.24. The number of aliphatic hydroxyl groups is 1. The predicted octanol–water partition coefficient (Wildman–Crippen LogP) is 2.19. The molecule has 0 spiro atoms. The topological polar surface area (TPSA) is 26.7 Å². The quantitative estimate of drug-likeness (QED) is 0.904. The number of nitrogens with zero attached hydrogens (tertiary/aromatic N) is 2. The zero-order chi connectivity index (χ0) is 14.0. The third-order valence-corrected chi connectivity index (χ3v) is 4.41. The highest BCUT2D eigenvalue weighted by Crippen LogP contribution is 2.28. The average molecular weight is 262 g/mol. The van der Waals surface area contributed by atoms with Crippen LogP contribution in [0.25, 0.3) is 0 Å². The molecule has 1 N–H and O–H groups in total. The minimum Gasteiger partial charge on any atom is -0.396 e. The summed E-state index contributed by atoms with van der Waals surface area (Å²) in [6, 6.07) is 7.45. The van der Waals surface area contributed by atoms with Crippen LogP contribution in [0.3, 0.4) is 0 Å². The summed E-state index contributed by atoms with van der Waals surface area (Å²) in [4.78, 5) is 4.90. The van der Waals surface area contributed by atoms with Gasteiger partial charge < -0.3 is 10.0 Å². The molecular weight excluding hydrogens is 236 g/mol. The van der Waals surface area contributed by atoms with E-state index < -0.39 is 0 Å². The first kappa shape index (κ1) is 14.4. The minimum atomic E-state index is 0.266. The van der Waals surface area contributed by atoms with E-state index >= 15 is 0 Å². The van der Waals surface area contributed by atoms with Gasteiger partial charge in [-0.05, 0) is 45.4 Å². The molecule has 1 aromatic carbocycles. The molecular formula is C16H26N2O.